The van der Waals surface area contributed by atoms with Gasteiger partial charge < -0.3 is 28.3 Å². The number of esters is 2. The summed E-state index contributed by atoms with van der Waals surface area (Å²) in [6, 6.07) is 0. The molecule has 1 atom stereocenters. The molecule has 0 aliphatic carbocycles. The maximum Gasteiger partial charge on any atom is 1.00 e. The van der Waals surface area contributed by atoms with Crippen LogP contribution in [0.3, 0.4) is 0 Å². The van der Waals surface area contributed by atoms with E-state index >= 15 is 0 Å². The molecule has 244 valence electrons. The summed E-state index contributed by atoms with van der Waals surface area (Å²) in [6.07, 6.45) is 14.0. The van der Waals surface area contributed by atoms with Crippen molar-refractivity contribution in [2.75, 3.05) is 13.2 Å². The van der Waals surface area contributed by atoms with Crippen LogP contribution < -0.4 is 68.9 Å². The van der Waals surface area contributed by atoms with E-state index in [1.807, 2.05) is 0 Å². The second kappa shape index (κ2) is 35.7. The minimum Gasteiger partial charge on any atom is -0.790 e. The molecule has 0 amide bonds. The van der Waals surface area contributed by atoms with E-state index in [1.165, 1.54) is 57.8 Å². The average molecular weight is 669 g/mol. The summed E-state index contributed by atoms with van der Waals surface area (Å²) in [5, 5.41) is 0. The number of phosphoric acid groups is 1. The van der Waals surface area contributed by atoms with E-state index in [0.29, 0.717) is 6.42 Å². The minimum absolute atomic E-state index is 0. The number of carbonyl (C=O) groups excluding carboxylic acids is 2. The third-order valence-electron chi connectivity index (χ3n) is 5.33. The van der Waals surface area contributed by atoms with Crippen LogP contribution in [-0.2, 0) is 28.2 Å². The fraction of sp³-hybridized carbons (Fsp3) is 0.613. The summed E-state index contributed by atoms with van der Waals surface area (Å²) < 4.78 is 25.0. The first-order valence-corrected chi connectivity index (χ1v) is 15.2. The summed E-state index contributed by atoms with van der Waals surface area (Å²) in [4.78, 5) is 45.5. The van der Waals surface area contributed by atoms with Crippen molar-refractivity contribution in [3.8, 4) is 59.2 Å². The molecule has 0 aliphatic heterocycles. The van der Waals surface area contributed by atoms with Crippen LogP contribution in [0.15, 0.2) is 0 Å². The van der Waals surface area contributed by atoms with Crippen molar-refractivity contribution in [1.82, 2.24) is 0 Å². The molecule has 0 radical (unpaired) electrons. The molecule has 12 heteroatoms. The number of hydrogen-bond donors (Lipinski definition) is 0. The predicted octanol–water partition coefficient (Wildman–Crippen LogP) is 0.140. The van der Waals surface area contributed by atoms with Crippen molar-refractivity contribution in [3.63, 3.8) is 0 Å². The molecule has 0 aromatic rings. The Bertz CT molecular complexity index is 1150. The molecule has 0 aromatic carbocycles. The fourth-order valence-corrected chi connectivity index (χ4v) is 3.71. The van der Waals surface area contributed by atoms with Gasteiger partial charge in [-0.25, -0.2) is 4.79 Å². The third-order valence-corrected chi connectivity index (χ3v) is 5.79. The van der Waals surface area contributed by atoms with Crippen molar-refractivity contribution in [1.29, 1.82) is 0 Å². The minimum atomic E-state index is -5.31. The van der Waals surface area contributed by atoms with Gasteiger partial charge in [-0.1, -0.05) is 89.9 Å². The molecule has 0 fully saturated rings. The van der Waals surface area contributed by atoms with E-state index in [2.05, 4.69) is 70.7 Å². The van der Waals surface area contributed by atoms with E-state index in [0.717, 1.165) is 19.3 Å². The quantitative estimate of drug-likeness (QED) is 0.0449. The van der Waals surface area contributed by atoms with Crippen LogP contribution >= 0.6 is 21.3 Å². The summed E-state index contributed by atoms with van der Waals surface area (Å²) in [5.41, 5.74) is 0. The Hall–Kier alpha value is -0.800. The Kier molecular flexibility index (Phi) is 40.7. The molecule has 0 bridgehead atoms. The number of ether oxygens (including phenoxy) is 2. The van der Waals surface area contributed by atoms with Gasteiger partial charge >= 0.3 is 71.1 Å². The fourth-order valence-electron chi connectivity index (χ4n) is 3.36. The van der Waals surface area contributed by atoms with Crippen molar-refractivity contribution in [2.45, 2.75) is 110 Å². The zero-order valence-electron chi connectivity index (χ0n) is 26.1. The Morgan fingerprint density at radius 1 is 0.721 bits per heavy atom. The van der Waals surface area contributed by atoms with Gasteiger partial charge in [0.15, 0.2) is 6.10 Å². The summed E-state index contributed by atoms with van der Waals surface area (Å²) in [5.74, 6) is 22.2. The molecule has 8 nitrogen and oxygen atoms in total. The number of phosphoric ester groups is 1. The molecule has 43 heavy (non-hydrogen) atoms. The smallest absolute Gasteiger partial charge is 0.790 e. The van der Waals surface area contributed by atoms with Crippen LogP contribution in [0.2, 0.25) is 0 Å². The molecule has 0 aromatic heterocycles. The largest absolute Gasteiger partial charge is 1.00 e. The Morgan fingerprint density at radius 2 is 1.16 bits per heavy atom. The van der Waals surface area contributed by atoms with Crippen LogP contribution in [-0.4, -0.2) is 31.3 Å². The first-order chi connectivity index (χ1) is 19.3. The van der Waals surface area contributed by atoms with E-state index in [4.69, 9.17) is 9.47 Å². The molecule has 0 heterocycles. The van der Waals surface area contributed by atoms with Crippen LogP contribution in [0.25, 0.3) is 0 Å². The van der Waals surface area contributed by atoms with E-state index < -0.39 is 39.1 Å². The first-order valence-electron chi connectivity index (χ1n) is 13.7. The molecule has 0 saturated heterocycles. The van der Waals surface area contributed by atoms with Gasteiger partial charge in [-0.3, -0.25) is 4.79 Å². The normalized spacial score (nSPS) is 9.67. The van der Waals surface area contributed by atoms with Gasteiger partial charge in [-0.05, 0) is 60.7 Å². The zero-order valence-corrected chi connectivity index (χ0v) is 32.0. The molecule has 0 spiro atoms. The summed E-state index contributed by atoms with van der Waals surface area (Å²) in [7, 11) is -5.31. The SMILES string of the molecule is CC#CC#CC#CC#CC#CC(=O)OC[C@@H](COP(=O)([O-])[O-])OC(=O)CCCCCCCCCCCCCCC.S.[HH].[HH].[HH].[HH].[HH].[HH].[HH].[HH].[HH].[Na+].[Na+]. The zero-order chi connectivity index (χ0) is 29.7. The standard InChI is InChI=1S/C31H41O8P.2Na.H2S.9H2/c1-3-5-7-9-11-13-14-15-16-18-20-22-24-26-31(33)39-29(28-38-40(34,35)36)27-37-30(32)25-23-21-19-17-12-10-8-6-4-2;;;;;;;;;;;;/h29H,3,5,7,9,11,13-16,18,20,22,24,26-28H2,1-2H3,(H2,34,35,36);;;1H2;9*1H/q;2*+1;;;;;;;;;;/p-2/t29-;;;;;;;;;;;;/m0............/s1. The van der Waals surface area contributed by atoms with E-state index in [9.17, 15) is 23.9 Å². The topological polar surface area (TPSA) is 125 Å². The molecule has 0 unspecified atom stereocenters. The van der Waals surface area contributed by atoms with Crippen molar-refractivity contribution < 1.29 is 110 Å². The van der Waals surface area contributed by atoms with Crippen LogP contribution in [0, 0.1) is 59.2 Å². The molecule has 0 N–H and O–H groups in total. The van der Waals surface area contributed by atoms with Gasteiger partial charge in [0.2, 0.25) is 0 Å². The molecular weight excluding hydrogens is 609 g/mol. The van der Waals surface area contributed by atoms with Gasteiger partial charge in [-0.15, -0.1) is 0 Å². The van der Waals surface area contributed by atoms with Crippen LogP contribution in [0.1, 0.15) is 117 Å². The second-order valence-corrected chi connectivity index (χ2v) is 9.97. The number of hydrogen-bond acceptors (Lipinski definition) is 8. The second-order valence-electron chi connectivity index (χ2n) is 8.82. The molecule has 0 aliphatic rings. The van der Waals surface area contributed by atoms with Gasteiger partial charge in [0.25, 0.3) is 0 Å². The maximum atomic E-state index is 12.2. The van der Waals surface area contributed by atoms with Gasteiger partial charge in [0, 0.05) is 25.2 Å². The van der Waals surface area contributed by atoms with Gasteiger partial charge in [0.05, 0.1) is 14.4 Å². The average Bonchev–Trinajstić information content (AvgIpc) is 2.91. The number of rotatable bonds is 20. The Balaban J connectivity index is -0.000000115. The van der Waals surface area contributed by atoms with Crippen molar-refractivity contribution >= 4 is 33.3 Å². The Labute approximate surface area is 323 Å². The number of unbranched alkanes of at least 4 members (excludes halogenated alkanes) is 12. The van der Waals surface area contributed by atoms with Crippen molar-refractivity contribution in [2.24, 2.45) is 0 Å². The number of carbonyl (C=O) groups is 2. The maximum absolute atomic E-state index is 12.2. The predicted molar refractivity (Wildman–Crippen MR) is 179 cm³/mol. The van der Waals surface area contributed by atoms with E-state index in [1.54, 1.807) is 6.92 Å². The monoisotopic (exact) mass is 668 g/mol. The van der Waals surface area contributed by atoms with Crippen LogP contribution in [0.4, 0.5) is 0 Å². The van der Waals surface area contributed by atoms with Gasteiger partial charge in [0.1, 0.15) is 6.61 Å². The summed E-state index contributed by atoms with van der Waals surface area (Å²) in [6.45, 7) is 2.55. The molecule has 0 saturated carbocycles. The van der Waals surface area contributed by atoms with Gasteiger partial charge in [-0.2, -0.15) is 13.5 Å². The van der Waals surface area contributed by atoms with Crippen molar-refractivity contribution in [3.05, 3.63) is 0 Å². The van der Waals surface area contributed by atoms with Crippen LogP contribution in [0.5, 0.6) is 0 Å². The molecule has 0 rings (SSSR count). The molecular formula is C31H59Na2O8PS. The summed E-state index contributed by atoms with van der Waals surface area (Å²) >= 11 is 0. The van der Waals surface area contributed by atoms with E-state index in [-0.39, 0.29) is 91.9 Å². The Morgan fingerprint density at radius 3 is 1.63 bits per heavy atom. The first kappa shape index (κ1) is 49.1. The third kappa shape index (κ3) is 39.2.